The highest BCUT2D eigenvalue weighted by molar-refractivity contribution is 5.77. The lowest BCUT2D eigenvalue weighted by molar-refractivity contribution is -0.117. The molecule has 1 amide bonds. The van der Waals surface area contributed by atoms with E-state index in [1.54, 1.807) is 12.1 Å². The molecule has 0 aliphatic rings. The Kier molecular flexibility index (Phi) is 3.85. The second-order valence-corrected chi connectivity index (χ2v) is 3.32. The third-order valence-corrected chi connectivity index (χ3v) is 1.99. The highest BCUT2D eigenvalue weighted by atomic mass is 16.4. The van der Waals surface area contributed by atoms with Crippen LogP contribution in [0.25, 0.3) is 0 Å². The van der Waals surface area contributed by atoms with Crippen LogP contribution in [0.15, 0.2) is 30.3 Å². The third-order valence-electron chi connectivity index (χ3n) is 1.99. The Morgan fingerprint density at radius 3 is 2.40 bits per heavy atom. The van der Waals surface area contributed by atoms with Crippen molar-refractivity contribution in [3.05, 3.63) is 35.9 Å². The first kappa shape index (κ1) is 11.2. The number of hydrogen-bond donors (Lipinski definition) is 2. The topological polar surface area (TPSA) is 66.4 Å². The number of carboxylic acid groups (broad SMARTS) is 1. The lowest BCUT2D eigenvalue weighted by atomic mass is 10.0. The molecule has 0 spiro atoms. The zero-order valence-electron chi connectivity index (χ0n) is 8.43. The minimum absolute atomic E-state index is 0.0439. The summed E-state index contributed by atoms with van der Waals surface area (Å²) < 4.78 is 0. The number of carbonyl (C=O) groups is 2. The van der Waals surface area contributed by atoms with E-state index in [1.807, 2.05) is 18.2 Å². The van der Waals surface area contributed by atoms with Crippen LogP contribution in [-0.4, -0.2) is 17.0 Å². The molecule has 1 rings (SSSR count). The van der Waals surface area contributed by atoms with Gasteiger partial charge in [0.25, 0.3) is 0 Å². The second kappa shape index (κ2) is 5.14. The summed E-state index contributed by atoms with van der Waals surface area (Å²) in [5.41, 5.74) is 0.801. The van der Waals surface area contributed by atoms with Crippen LogP contribution in [0.3, 0.4) is 0 Å². The molecule has 0 heterocycles. The van der Waals surface area contributed by atoms with E-state index in [-0.39, 0.29) is 12.2 Å². The van der Waals surface area contributed by atoms with Crippen molar-refractivity contribution < 1.29 is 14.7 Å². The van der Waals surface area contributed by atoms with Crippen LogP contribution in [0, 0.1) is 0 Å². The van der Waals surface area contributed by atoms with Crippen molar-refractivity contribution in [2.45, 2.75) is 19.4 Å². The summed E-state index contributed by atoms with van der Waals surface area (Å²) in [5, 5.41) is 11.0. The number of rotatable bonds is 4. The van der Waals surface area contributed by atoms with Gasteiger partial charge in [-0.25, -0.2) is 4.79 Å². The molecule has 1 atom stereocenters. The number of amides is 1. The first-order valence-electron chi connectivity index (χ1n) is 4.63. The lowest BCUT2D eigenvalue weighted by Gasteiger charge is -2.15. The van der Waals surface area contributed by atoms with E-state index < -0.39 is 12.1 Å². The van der Waals surface area contributed by atoms with Gasteiger partial charge < -0.3 is 10.4 Å². The van der Waals surface area contributed by atoms with Gasteiger partial charge in [-0.3, -0.25) is 4.79 Å². The molecule has 0 aromatic heterocycles. The summed E-state index contributed by atoms with van der Waals surface area (Å²) in [6.45, 7) is 1.44. The number of hydrogen-bond acceptors (Lipinski definition) is 2. The second-order valence-electron chi connectivity index (χ2n) is 3.32. The third kappa shape index (κ3) is 3.81. The molecule has 0 radical (unpaired) electrons. The Balaban J connectivity index is 2.81. The van der Waals surface area contributed by atoms with Crippen LogP contribution < -0.4 is 5.32 Å². The van der Waals surface area contributed by atoms with Gasteiger partial charge in [0.05, 0.1) is 6.04 Å². The lowest BCUT2D eigenvalue weighted by Crippen LogP contribution is -2.28. The number of nitrogens with one attached hydrogen (secondary N) is 1. The first-order valence-corrected chi connectivity index (χ1v) is 4.63. The van der Waals surface area contributed by atoms with Crippen LogP contribution in [0.1, 0.15) is 24.9 Å². The maximum absolute atomic E-state index is 11.0. The molecule has 1 aromatic carbocycles. The van der Waals surface area contributed by atoms with Crippen molar-refractivity contribution in [1.29, 1.82) is 0 Å². The van der Waals surface area contributed by atoms with Gasteiger partial charge in [0, 0.05) is 6.42 Å². The van der Waals surface area contributed by atoms with Crippen LogP contribution in [0.5, 0.6) is 0 Å². The quantitative estimate of drug-likeness (QED) is 0.793. The Morgan fingerprint density at radius 1 is 1.33 bits per heavy atom. The number of Topliss-reactive ketones (excluding diaryl/α,β-unsaturated/α-hetero) is 1. The van der Waals surface area contributed by atoms with Gasteiger partial charge in [0.15, 0.2) is 0 Å². The summed E-state index contributed by atoms with van der Waals surface area (Å²) >= 11 is 0. The summed E-state index contributed by atoms with van der Waals surface area (Å²) in [4.78, 5) is 21.5. The van der Waals surface area contributed by atoms with Crippen LogP contribution in [-0.2, 0) is 4.79 Å². The van der Waals surface area contributed by atoms with Crippen molar-refractivity contribution in [1.82, 2.24) is 5.32 Å². The molecule has 4 heteroatoms. The Bertz CT molecular complexity index is 332. The summed E-state index contributed by atoms with van der Waals surface area (Å²) in [6.07, 6.45) is -0.943. The molecule has 1 aromatic rings. The fraction of sp³-hybridized carbons (Fsp3) is 0.273. The molecule has 0 saturated carbocycles. The maximum Gasteiger partial charge on any atom is 0.405 e. The molecular weight excluding hydrogens is 194 g/mol. The van der Waals surface area contributed by atoms with Crippen molar-refractivity contribution in [2.24, 2.45) is 0 Å². The van der Waals surface area contributed by atoms with Gasteiger partial charge in [-0.2, -0.15) is 0 Å². The number of benzene rings is 1. The highest BCUT2D eigenvalue weighted by Crippen LogP contribution is 2.16. The van der Waals surface area contributed by atoms with Crippen LogP contribution in [0.2, 0.25) is 0 Å². The normalized spacial score (nSPS) is 11.8. The molecule has 0 aliphatic heterocycles. The van der Waals surface area contributed by atoms with Crippen LogP contribution >= 0.6 is 0 Å². The zero-order chi connectivity index (χ0) is 11.3. The standard InChI is InChI=1S/C11H13NO3/c1-8(13)7-10(12-11(14)15)9-5-3-2-4-6-9/h2-6,10,12H,7H2,1H3,(H,14,15)/t10-/m0/s1. The van der Waals surface area contributed by atoms with Crippen molar-refractivity contribution in [3.63, 3.8) is 0 Å². The summed E-state index contributed by atoms with van der Waals surface area (Å²) in [6, 6.07) is 8.60. The molecule has 2 N–H and O–H groups in total. The number of ketones is 1. The SMILES string of the molecule is CC(=O)C[C@H](NC(=O)O)c1ccccc1. The molecule has 80 valence electrons. The molecule has 0 bridgehead atoms. The Hall–Kier alpha value is -1.84. The summed E-state index contributed by atoms with van der Waals surface area (Å²) in [5.74, 6) is -0.0439. The monoisotopic (exact) mass is 207 g/mol. The van der Waals surface area contributed by atoms with Crippen molar-refractivity contribution in [3.8, 4) is 0 Å². The average molecular weight is 207 g/mol. The molecule has 0 aliphatic carbocycles. The molecular formula is C11H13NO3. The molecule has 4 nitrogen and oxygen atoms in total. The average Bonchev–Trinajstić information content (AvgIpc) is 2.17. The predicted molar refractivity (Wildman–Crippen MR) is 55.6 cm³/mol. The molecule has 15 heavy (non-hydrogen) atoms. The molecule has 0 unspecified atom stereocenters. The van der Waals surface area contributed by atoms with Crippen LogP contribution in [0.4, 0.5) is 4.79 Å². The van der Waals surface area contributed by atoms with Crippen molar-refractivity contribution >= 4 is 11.9 Å². The minimum atomic E-state index is -1.12. The fourth-order valence-corrected chi connectivity index (χ4v) is 1.37. The van der Waals surface area contributed by atoms with Gasteiger partial charge in [0.2, 0.25) is 0 Å². The minimum Gasteiger partial charge on any atom is -0.465 e. The predicted octanol–water partition coefficient (Wildman–Crippen LogP) is 1.97. The zero-order valence-corrected chi connectivity index (χ0v) is 8.43. The van der Waals surface area contributed by atoms with E-state index in [9.17, 15) is 9.59 Å². The maximum atomic E-state index is 11.0. The van der Waals surface area contributed by atoms with E-state index >= 15 is 0 Å². The van der Waals surface area contributed by atoms with Crippen molar-refractivity contribution in [2.75, 3.05) is 0 Å². The van der Waals surface area contributed by atoms with E-state index in [0.29, 0.717) is 0 Å². The van der Waals surface area contributed by atoms with Gasteiger partial charge >= 0.3 is 6.09 Å². The smallest absolute Gasteiger partial charge is 0.405 e. The highest BCUT2D eigenvalue weighted by Gasteiger charge is 2.15. The van der Waals surface area contributed by atoms with E-state index in [4.69, 9.17) is 5.11 Å². The van der Waals surface area contributed by atoms with E-state index in [1.165, 1.54) is 6.92 Å². The van der Waals surface area contributed by atoms with Gasteiger partial charge in [0.1, 0.15) is 5.78 Å². The first-order chi connectivity index (χ1) is 7.09. The Labute approximate surface area is 87.9 Å². The Morgan fingerprint density at radius 2 is 1.93 bits per heavy atom. The molecule has 0 fully saturated rings. The van der Waals surface area contributed by atoms with E-state index in [0.717, 1.165) is 5.56 Å². The van der Waals surface area contributed by atoms with Gasteiger partial charge in [-0.15, -0.1) is 0 Å². The van der Waals surface area contributed by atoms with E-state index in [2.05, 4.69) is 5.32 Å². The van der Waals surface area contributed by atoms with Gasteiger partial charge in [-0.1, -0.05) is 30.3 Å². The fourth-order valence-electron chi connectivity index (χ4n) is 1.37. The number of carbonyl (C=O) groups excluding carboxylic acids is 1. The summed E-state index contributed by atoms with van der Waals surface area (Å²) in [7, 11) is 0. The molecule has 0 saturated heterocycles. The largest absolute Gasteiger partial charge is 0.465 e. The van der Waals surface area contributed by atoms with Gasteiger partial charge in [-0.05, 0) is 12.5 Å².